The van der Waals surface area contributed by atoms with E-state index in [1.807, 2.05) is 0 Å². The van der Waals surface area contributed by atoms with Crippen molar-refractivity contribution in [2.75, 3.05) is 5.75 Å². The van der Waals surface area contributed by atoms with E-state index in [4.69, 9.17) is 0 Å². The minimum Gasteiger partial charge on any atom is -0.195 e. The maximum atomic E-state index is 11.4. The van der Waals surface area contributed by atoms with Gasteiger partial charge < -0.3 is 0 Å². The summed E-state index contributed by atoms with van der Waals surface area (Å²) >= 11 is 0. The predicted octanol–water partition coefficient (Wildman–Crippen LogP) is 0.696. The van der Waals surface area contributed by atoms with Gasteiger partial charge in [-0.2, -0.15) is 8.42 Å². The predicted molar refractivity (Wildman–Crippen MR) is 25.2 cm³/mol. The molecule has 0 aliphatic rings. The highest BCUT2D eigenvalue weighted by molar-refractivity contribution is 7.86. The third-order valence-corrected chi connectivity index (χ3v) is 1.34. The molecule has 0 heterocycles. The molecule has 0 spiro atoms. The van der Waals surface area contributed by atoms with Crippen LogP contribution in [-0.2, 0) is 10.2 Å². The number of hydrogen-bond acceptors (Lipinski definition) is 2. The average Bonchev–Trinajstić information content (AvgIpc) is 1.30. The molecule has 2 nitrogen and oxygen atoms in total. The normalized spacial score (nSPS) is 11.7. The summed E-state index contributed by atoms with van der Waals surface area (Å²) in [7, 11) is -4.17. The van der Waals surface area contributed by atoms with Crippen molar-refractivity contribution in [1.82, 2.24) is 0 Å². The highest BCUT2D eigenvalue weighted by Crippen LogP contribution is 1.91. The van der Waals surface area contributed by atoms with Gasteiger partial charge in [0.15, 0.2) is 0 Å². The lowest BCUT2D eigenvalue weighted by molar-refractivity contribution is 0.550. The van der Waals surface area contributed by atoms with Gasteiger partial charge in [0, 0.05) is 0 Å². The molecule has 44 valence electrons. The monoisotopic (exact) mass is 126 g/mol. The lowest BCUT2D eigenvalue weighted by Crippen LogP contribution is -1.94. The zero-order valence-electron chi connectivity index (χ0n) is 4.02. The van der Waals surface area contributed by atoms with Crippen LogP contribution in [0.4, 0.5) is 3.89 Å². The highest BCUT2D eigenvalue weighted by atomic mass is 32.3. The fourth-order valence-electron chi connectivity index (χ4n) is 0.244. The first-order chi connectivity index (χ1) is 3.06. The third-order valence-electron chi connectivity index (χ3n) is 0.448. The van der Waals surface area contributed by atoms with Crippen LogP contribution < -0.4 is 0 Å². The van der Waals surface area contributed by atoms with Gasteiger partial charge in [0.05, 0.1) is 5.75 Å². The quantitative estimate of drug-likeness (QED) is 0.510. The topological polar surface area (TPSA) is 34.1 Å². The summed E-state index contributed by atoms with van der Waals surface area (Å²) in [5, 5.41) is 0. The van der Waals surface area contributed by atoms with Crippen LogP contribution >= 0.6 is 0 Å². The van der Waals surface area contributed by atoms with Crippen molar-refractivity contribution < 1.29 is 12.3 Å². The Morgan fingerprint density at radius 3 is 2.00 bits per heavy atom. The van der Waals surface area contributed by atoms with E-state index in [1.165, 1.54) is 0 Å². The summed E-state index contributed by atoms with van der Waals surface area (Å²) in [6.45, 7) is 1.61. The molecule has 0 saturated carbocycles. The Morgan fingerprint density at radius 1 is 1.57 bits per heavy atom. The first-order valence-corrected chi connectivity index (χ1v) is 3.54. The smallest absolute Gasteiger partial charge is 0.195 e. The van der Waals surface area contributed by atoms with Crippen LogP contribution in [0.25, 0.3) is 0 Å². The number of halogens is 1. The second-order valence-electron chi connectivity index (χ2n) is 1.24. The molecule has 7 heavy (non-hydrogen) atoms. The Morgan fingerprint density at radius 2 is 2.00 bits per heavy atom. The number of hydrogen-bond donors (Lipinski definition) is 0. The Kier molecular flexibility index (Phi) is 2.22. The SMILES string of the molecule is CCCS(=O)(=O)F. The molecular weight excluding hydrogens is 119 g/mol. The van der Waals surface area contributed by atoms with Gasteiger partial charge >= 0.3 is 10.2 Å². The minimum absolute atomic E-state index is 0.346. The molecule has 0 rings (SSSR count). The molecule has 0 aliphatic carbocycles. The van der Waals surface area contributed by atoms with Gasteiger partial charge in [-0.25, -0.2) is 0 Å². The fraction of sp³-hybridized carbons (Fsp3) is 1.00. The largest absolute Gasteiger partial charge is 0.302 e. The summed E-state index contributed by atoms with van der Waals surface area (Å²) in [4.78, 5) is 0. The molecule has 0 amide bonds. The molecule has 0 aliphatic heterocycles. The Labute approximate surface area is 42.6 Å². The highest BCUT2D eigenvalue weighted by Gasteiger charge is 2.01. The van der Waals surface area contributed by atoms with Crippen LogP contribution in [0.3, 0.4) is 0 Å². The zero-order valence-corrected chi connectivity index (χ0v) is 4.83. The van der Waals surface area contributed by atoms with E-state index in [0.717, 1.165) is 0 Å². The summed E-state index contributed by atoms with van der Waals surface area (Å²) < 4.78 is 30.5. The van der Waals surface area contributed by atoms with E-state index in [0.29, 0.717) is 6.42 Å². The Balaban J connectivity index is 3.60. The first kappa shape index (κ1) is 6.88. The number of rotatable bonds is 2. The molecule has 4 heteroatoms. The van der Waals surface area contributed by atoms with E-state index in [1.54, 1.807) is 6.92 Å². The van der Waals surface area contributed by atoms with E-state index < -0.39 is 10.2 Å². The van der Waals surface area contributed by atoms with Crippen LogP contribution in [0, 0.1) is 0 Å². The summed E-state index contributed by atoms with van der Waals surface area (Å²) in [6.07, 6.45) is 0.346. The summed E-state index contributed by atoms with van der Waals surface area (Å²) in [5.74, 6) is -0.354. The third kappa shape index (κ3) is 5.88. The van der Waals surface area contributed by atoms with Crippen LogP contribution in [0.2, 0.25) is 0 Å². The second-order valence-corrected chi connectivity index (χ2v) is 2.73. The van der Waals surface area contributed by atoms with Crippen molar-refractivity contribution in [1.29, 1.82) is 0 Å². The fourth-order valence-corrected chi connectivity index (χ4v) is 0.731. The van der Waals surface area contributed by atoms with Crippen molar-refractivity contribution in [2.45, 2.75) is 13.3 Å². The van der Waals surface area contributed by atoms with E-state index in [9.17, 15) is 12.3 Å². The lowest BCUT2D eigenvalue weighted by Gasteiger charge is -1.82. The van der Waals surface area contributed by atoms with Crippen molar-refractivity contribution in [3.05, 3.63) is 0 Å². The molecule has 0 N–H and O–H groups in total. The maximum absolute atomic E-state index is 11.4. The van der Waals surface area contributed by atoms with Gasteiger partial charge in [0.1, 0.15) is 0 Å². The molecule has 0 saturated heterocycles. The van der Waals surface area contributed by atoms with Gasteiger partial charge in [-0.1, -0.05) is 6.92 Å². The molecule has 0 aromatic heterocycles. The van der Waals surface area contributed by atoms with Gasteiger partial charge in [0.25, 0.3) is 0 Å². The Bertz CT molecular complexity index is 126. The summed E-state index contributed by atoms with van der Waals surface area (Å²) in [6, 6.07) is 0. The standard InChI is InChI=1S/C3H7FO2S/c1-2-3-7(4,5)6/h2-3H2,1H3. The van der Waals surface area contributed by atoms with E-state index >= 15 is 0 Å². The van der Waals surface area contributed by atoms with Gasteiger partial charge in [-0.15, -0.1) is 3.89 Å². The van der Waals surface area contributed by atoms with Crippen molar-refractivity contribution >= 4 is 10.2 Å². The molecular formula is C3H7FO2S. The minimum atomic E-state index is -4.17. The van der Waals surface area contributed by atoms with Gasteiger partial charge in [0.2, 0.25) is 0 Å². The van der Waals surface area contributed by atoms with Crippen LogP contribution in [-0.4, -0.2) is 14.2 Å². The molecule has 0 aromatic rings. The van der Waals surface area contributed by atoms with Crippen LogP contribution in [0.5, 0.6) is 0 Å². The van der Waals surface area contributed by atoms with Crippen molar-refractivity contribution in [2.24, 2.45) is 0 Å². The van der Waals surface area contributed by atoms with E-state index in [2.05, 4.69) is 0 Å². The lowest BCUT2D eigenvalue weighted by atomic mass is 10.6. The van der Waals surface area contributed by atoms with Crippen LogP contribution in [0.1, 0.15) is 13.3 Å². The molecule has 0 atom stereocenters. The molecule has 0 aromatic carbocycles. The zero-order chi connectivity index (χ0) is 5.91. The summed E-state index contributed by atoms with van der Waals surface area (Å²) in [5.41, 5.74) is 0. The maximum Gasteiger partial charge on any atom is 0.302 e. The molecule has 0 unspecified atom stereocenters. The van der Waals surface area contributed by atoms with Gasteiger partial charge in [-0.3, -0.25) is 0 Å². The first-order valence-electron chi connectivity index (χ1n) is 1.98. The van der Waals surface area contributed by atoms with Gasteiger partial charge in [-0.05, 0) is 6.42 Å². The van der Waals surface area contributed by atoms with Crippen LogP contribution in [0.15, 0.2) is 0 Å². The molecule has 0 radical (unpaired) electrons. The van der Waals surface area contributed by atoms with Crippen molar-refractivity contribution in [3.63, 3.8) is 0 Å². The molecule has 0 bridgehead atoms. The average molecular weight is 126 g/mol. The second kappa shape index (κ2) is 2.26. The molecule has 0 fully saturated rings. The van der Waals surface area contributed by atoms with E-state index in [-0.39, 0.29) is 5.75 Å². The van der Waals surface area contributed by atoms with Crippen molar-refractivity contribution in [3.8, 4) is 0 Å². The Hall–Kier alpha value is -0.120.